The van der Waals surface area contributed by atoms with E-state index in [0.29, 0.717) is 23.7 Å². The van der Waals surface area contributed by atoms with Crippen molar-refractivity contribution in [2.45, 2.75) is 94.8 Å². The van der Waals surface area contributed by atoms with Crippen molar-refractivity contribution in [3.05, 3.63) is 36.0 Å². The molecule has 1 aromatic carbocycles. The number of carboxylic acid groups (broad SMARTS) is 1. The summed E-state index contributed by atoms with van der Waals surface area (Å²) in [6.45, 7) is 0. The van der Waals surface area contributed by atoms with E-state index >= 15 is 0 Å². The molecule has 32 heavy (non-hydrogen) atoms. The van der Waals surface area contributed by atoms with Crippen LogP contribution in [0.5, 0.6) is 0 Å². The highest BCUT2D eigenvalue weighted by molar-refractivity contribution is 6.42. The third-order valence-corrected chi connectivity index (χ3v) is 9.10. The topological polar surface area (TPSA) is 62.5 Å². The van der Waals surface area contributed by atoms with E-state index in [-0.39, 0.29) is 0 Å². The van der Waals surface area contributed by atoms with Crippen molar-refractivity contribution in [2.24, 2.45) is 11.8 Å². The lowest BCUT2D eigenvalue weighted by Crippen LogP contribution is -2.58. The van der Waals surface area contributed by atoms with Crippen LogP contribution in [0.2, 0.25) is 0 Å². The Morgan fingerprint density at radius 2 is 1.44 bits per heavy atom. The van der Waals surface area contributed by atoms with Gasteiger partial charge < -0.3 is 9.67 Å². The molecule has 2 saturated heterocycles. The van der Waals surface area contributed by atoms with Crippen molar-refractivity contribution in [1.82, 2.24) is 9.47 Å². The Bertz CT molecular complexity index is 1020. The Labute approximate surface area is 189 Å². The molecule has 4 aliphatic rings. The molecule has 2 aliphatic carbocycles. The molecule has 1 N–H and O–H groups in total. The van der Waals surface area contributed by atoms with Gasteiger partial charge >= 0.3 is 5.97 Å². The lowest BCUT2D eigenvalue weighted by molar-refractivity contribution is -0.131. The number of rotatable bonds is 4. The van der Waals surface area contributed by atoms with Crippen molar-refractivity contribution in [3.8, 4) is 0 Å². The molecule has 0 radical (unpaired) electrons. The average molecular weight is 435 g/mol. The number of benzene rings is 1. The standard InChI is InChI=1S/C27H34N2O3/c30-26(27(31)32)24-16-28(25-10-2-1-9-23(24)25)21-14-19-7-4-8-20(15-21)29(19)22-12-17-5-3-6-18(11-17)13-22/h1-2,9-10,16-22H,3-8,11-15H2,(H,31,32)/t17-,18?,19-,20+,21?,22?/m1/s1. The highest BCUT2D eigenvalue weighted by atomic mass is 16.4. The van der Waals surface area contributed by atoms with E-state index in [1.165, 1.54) is 57.8 Å². The summed E-state index contributed by atoms with van der Waals surface area (Å²) < 4.78 is 2.24. The summed E-state index contributed by atoms with van der Waals surface area (Å²) in [6.07, 6.45) is 16.5. The predicted octanol–water partition coefficient (Wildman–Crippen LogP) is 5.44. The molecule has 6 rings (SSSR count). The molecule has 2 aliphatic heterocycles. The van der Waals surface area contributed by atoms with Crippen molar-refractivity contribution >= 4 is 22.7 Å². The van der Waals surface area contributed by atoms with Gasteiger partial charge in [0.15, 0.2) is 0 Å². The van der Waals surface area contributed by atoms with Crippen LogP contribution in [0, 0.1) is 11.8 Å². The number of hydrogen-bond donors (Lipinski definition) is 1. The molecule has 1 aromatic heterocycles. The second kappa shape index (κ2) is 8.02. The van der Waals surface area contributed by atoms with Gasteiger partial charge in [0, 0.05) is 41.3 Å². The van der Waals surface area contributed by atoms with E-state index in [1.807, 2.05) is 30.5 Å². The molecule has 5 heteroatoms. The zero-order valence-electron chi connectivity index (χ0n) is 18.8. The maximum absolute atomic E-state index is 12.4. The van der Waals surface area contributed by atoms with Gasteiger partial charge in [-0.05, 0) is 62.8 Å². The first-order valence-electron chi connectivity index (χ1n) is 12.7. The fourth-order valence-electron chi connectivity index (χ4n) is 7.95. The van der Waals surface area contributed by atoms with E-state index in [1.54, 1.807) is 0 Å². The normalized spacial score (nSPS) is 35.0. The number of carboxylic acids is 1. The van der Waals surface area contributed by atoms with Gasteiger partial charge in [0.1, 0.15) is 0 Å². The summed E-state index contributed by atoms with van der Waals surface area (Å²) >= 11 is 0. The fraction of sp³-hybridized carbons (Fsp3) is 0.630. The Hall–Kier alpha value is -2.14. The SMILES string of the molecule is O=C(O)C(=O)c1cn(C2C[C@H]3CCC[C@@H](C2)N3C2CC3CCC[C@H](C3)C2)c2ccccc12. The molecule has 5 nitrogen and oxygen atoms in total. The Morgan fingerprint density at radius 1 is 0.781 bits per heavy atom. The van der Waals surface area contributed by atoms with Crippen LogP contribution in [-0.4, -0.2) is 44.5 Å². The van der Waals surface area contributed by atoms with Crippen LogP contribution in [-0.2, 0) is 4.79 Å². The first-order valence-corrected chi connectivity index (χ1v) is 12.7. The zero-order valence-corrected chi connectivity index (χ0v) is 18.8. The Balaban J connectivity index is 1.30. The van der Waals surface area contributed by atoms with Gasteiger partial charge in [-0.25, -0.2) is 4.79 Å². The van der Waals surface area contributed by atoms with E-state index in [9.17, 15) is 14.7 Å². The maximum atomic E-state index is 12.4. The predicted molar refractivity (Wildman–Crippen MR) is 124 cm³/mol. The van der Waals surface area contributed by atoms with Gasteiger partial charge in [-0.3, -0.25) is 9.69 Å². The number of piperidine rings is 2. The molecule has 4 fully saturated rings. The molecular weight excluding hydrogens is 400 g/mol. The van der Waals surface area contributed by atoms with Crippen molar-refractivity contribution in [1.29, 1.82) is 0 Å². The summed E-state index contributed by atoms with van der Waals surface area (Å²) in [4.78, 5) is 26.8. The highest BCUT2D eigenvalue weighted by Gasteiger charge is 2.45. The van der Waals surface area contributed by atoms with Crippen molar-refractivity contribution in [3.63, 3.8) is 0 Å². The summed E-state index contributed by atoms with van der Waals surface area (Å²) in [5.74, 6) is -0.276. The first kappa shape index (κ1) is 20.5. The lowest BCUT2D eigenvalue weighted by Gasteiger charge is -2.55. The molecule has 2 saturated carbocycles. The lowest BCUT2D eigenvalue weighted by atomic mass is 9.68. The second-order valence-electron chi connectivity index (χ2n) is 10.9. The summed E-state index contributed by atoms with van der Waals surface area (Å²) in [5, 5.41) is 10.1. The van der Waals surface area contributed by atoms with Crippen LogP contribution < -0.4 is 0 Å². The van der Waals surface area contributed by atoms with Gasteiger partial charge in [0.2, 0.25) is 0 Å². The Kier molecular flexibility index (Phi) is 5.13. The fourth-order valence-corrected chi connectivity index (χ4v) is 7.95. The minimum atomic E-state index is -1.37. The smallest absolute Gasteiger partial charge is 0.377 e. The van der Waals surface area contributed by atoms with Crippen LogP contribution >= 0.6 is 0 Å². The summed E-state index contributed by atoms with van der Waals surface area (Å²) in [6, 6.07) is 10.2. The number of nitrogens with zero attached hydrogens (tertiary/aromatic N) is 2. The molecule has 0 amide bonds. The quantitative estimate of drug-likeness (QED) is 0.514. The molecule has 3 unspecified atom stereocenters. The van der Waals surface area contributed by atoms with Crippen LogP contribution in [0.4, 0.5) is 0 Å². The summed E-state index contributed by atoms with van der Waals surface area (Å²) in [5.41, 5.74) is 1.33. The molecule has 4 bridgehead atoms. The number of hydrogen-bond acceptors (Lipinski definition) is 3. The van der Waals surface area contributed by atoms with Crippen molar-refractivity contribution in [2.75, 3.05) is 0 Å². The molecule has 170 valence electrons. The van der Waals surface area contributed by atoms with Gasteiger partial charge in [-0.15, -0.1) is 0 Å². The Morgan fingerprint density at radius 3 is 2.12 bits per heavy atom. The third-order valence-electron chi connectivity index (χ3n) is 9.10. The third kappa shape index (κ3) is 3.40. The molecule has 3 heterocycles. The van der Waals surface area contributed by atoms with Crippen LogP contribution in [0.15, 0.2) is 30.5 Å². The number of ketones is 1. The monoisotopic (exact) mass is 434 g/mol. The van der Waals surface area contributed by atoms with E-state index in [2.05, 4.69) is 9.47 Å². The van der Waals surface area contributed by atoms with Crippen molar-refractivity contribution < 1.29 is 14.7 Å². The van der Waals surface area contributed by atoms with Gasteiger partial charge in [0.25, 0.3) is 5.78 Å². The average Bonchev–Trinajstić information content (AvgIpc) is 3.17. The number of carbonyl (C=O) groups excluding carboxylic acids is 1. The number of aliphatic carboxylic acids is 1. The summed E-state index contributed by atoms with van der Waals surface area (Å²) in [7, 11) is 0. The first-order chi connectivity index (χ1) is 15.6. The molecule has 6 atom stereocenters. The van der Waals surface area contributed by atoms with E-state index in [4.69, 9.17) is 0 Å². The largest absolute Gasteiger partial charge is 0.475 e. The zero-order chi connectivity index (χ0) is 21.8. The number of para-hydroxylation sites is 1. The van der Waals surface area contributed by atoms with Crippen LogP contribution in [0.25, 0.3) is 10.9 Å². The van der Waals surface area contributed by atoms with Gasteiger partial charge in [-0.2, -0.15) is 0 Å². The second-order valence-corrected chi connectivity index (χ2v) is 10.9. The highest BCUT2D eigenvalue weighted by Crippen LogP contribution is 2.48. The van der Waals surface area contributed by atoms with Gasteiger partial charge in [-0.1, -0.05) is 43.9 Å². The molecule has 2 aromatic rings. The number of aromatic nitrogens is 1. The minimum Gasteiger partial charge on any atom is -0.475 e. The van der Waals surface area contributed by atoms with Crippen LogP contribution in [0.1, 0.15) is 87.0 Å². The maximum Gasteiger partial charge on any atom is 0.377 e. The number of fused-ring (bicyclic) bond motifs is 5. The van der Waals surface area contributed by atoms with Crippen LogP contribution in [0.3, 0.4) is 0 Å². The van der Waals surface area contributed by atoms with Gasteiger partial charge in [0.05, 0.1) is 5.56 Å². The number of carbonyl (C=O) groups is 2. The van der Waals surface area contributed by atoms with E-state index in [0.717, 1.165) is 41.6 Å². The number of Topliss-reactive ketones (excluding diaryl/α,β-unsaturated/α-hetero) is 1. The molecule has 0 spiro atoms. The van der Waals surface area contributed by atoms with E-state index < -0.39 is 11.8 Å². The minimum absolute atomic E-state index is 0.334. The molecular formula is C27H34N2O3.